The zero-order valence-electron chi connectivity index (χ0n) is 19.5. The van der Waals surface area contributed by atoms with E-state index in [-0.39, 0.29) is 29.5 Å². The molecular formula is C27H25ClN2O6. The van der Waals surface area contributed by atoms with E-state index in [4.69, 9.17) is 16.7 Å². The van der Waals surface area contributed by atoms with Gasteiger partial charge in [0.15, 0.2) is 0 Å². The van der Waals surface area contributed by atoms with Crippen molar-refractivity contribution in [2.45, 2.75) is 25.9 Å². The number of nitrogens with zero attached hydrogens (tertiary/aromatic N) is 1. The molecule has 3 aromatic rings. The molecule has 0 bridgehead atoms. The average Bonchev–Trinajstić information content (AvgIpc) is 2.84. The standard InChI is InChI=1S/C27H25ClN2O6/c1-17(31)30(16-25(32)33)15-20-6-2-3-7-21(20)19-12-10-18(11-13-19)14-24(27(35)36)29-26(34)22-8-4-5-9-23(22)28/h2-13,24H,14-16H2,1H3,(H,29,34)(H,32,33)(H,35,36)/t24-/m0/s1. The summed E-state index contributed by atoms with van der Waals surface area (Å²) in [5.41, 5.74) is 3.30. The second-order valence-electron chi connectivity index (χ2n) is 8.17. The molecule has 0 fully saturated rings. The number of carboxylic acids is 2. The van der Waals surface area contributed by atoms with Crippen LogP contribution in [0.25, 0.3) is 11.1 Å². The minimum atomic E-state index is -1.17. The van der Waals surface area contributed by atoms with E-state index in [1.54, 1.807) is 30.3 Å². The highest BCUT2D eigenvalue weighted by Crippen LogP contribution is 2.26. The van der Waals surface area contributed by atoms with Gasteiger partial charge in [0.2, 0.25) is 5.91 Å². The Hall–Kier alpha value is -4.17. The van der Waals surface area contributed by atoms with Crippen molar-refractivity contribution in [1.29, 1.82) is 0 Å². The molecule has 0 radical (unpaired) electrons. The minimum absolute atomic E-state index is 0.0597. The van der Waals surface area contributed by atoms with Crippen LogP contribution in [0.4, 0.5) is 0 Å². The zero-order chi connectivity index (χ0) is 26.2. The number of amides is 2. The molecule has 3 rings (SSSR count). The number of hydrogen-bond acceptors (Lipinski definition) is 4. The van der Waals surface area contributed by atoms with Gasteiger partial charge in [0, 0.05) is 19.9 Å². The zero-order valence-corrected chi connectivity index (χ0v) is 20.2. The Morgan fingerprint density at radius 1 is 0.917 bits per heavy atom. The molecule has 0 saturated carbocycles. The predicted molar refractivity (Wildman–Crippen MR) is 135 cm³/mol. The summed E-state index contributed by atoms with van der Waals surface area (Å²) in [6, 6.07) is 19.8. The summed E-state index contributed by atoms with van der Waals surface area (Å²) >= 11 is 6.05. The molecule has 0 aliphatic heterocycles. The number of carbonyl (C=O) groups excluding carboxylic acids is 2. The lowest BCUT2D eigenvalue weighted by Gasteiger charge is -2.21. The number of carbonyl (C=O) groups is 4. The van der Waals surface area contributed by atoms with E-state index in [0.29, 0.717) is 5.56 Å². The summed E-state index contributed by atoms with van der Waals surface area (Å²) in [5.74, 6) is -3.19. The highest BCUT2D eigenvalue weighted by Gasteiger charge is 2.22. The Balaban J connectivity index is 1.77. The molecule has 0 unspecified atom stereocenters. The van der Waals surface area contributed by atoms with E-state index in [1.165, 1.54) is 17.9 Å². The number of nitrogens with one attached hydrogen (secondary N) is 1. The maximum atomic E-state index is 12.5. The van der Waals surface area contributed by atoms with Crippen LogP contribution in [-0.4, -0.2) is 51.5 Å². The quantitative estimate of drug-likeness (QED) is 0.382. The molecule has 0 heterocycles. The Labute approximate surface area is 213 Å². The molecular weight excluding hydrogens is 484 g/mol. The lowest BCUT2D eigenvalue weighted by Crippen LogP contribution is -2.42. The van der Waals surface area contributed by atoms with Gasteiger partial charge in [-0.05, 0) is 34.4 Å². The molecule has 0 aromatic heterocycles. The average molecular weight is 509 g/mol. The van der Waals surface area contributed by atoms with Gasteiger partial charge in [-0.1, -0.05) is 72.3 Å². The summed E-state index contributed by atoms with van der Waals surface area (Å²) in [6.07, 6.45) is 0.0597. The highest BCUT2D eigenvalue weighted by atomic mass is 35.5. The lowest BCUT2D eigenvalue weighted by atomic mass is 9.96. The molecule has 0 aliphatic rings. The fraction of sp³-hybridized carbons (Fsp3) is 0.185. The van der Waals surface area contributed by atoms with E-state index in [9.17, 15) is 24.3 Å². The van der Waals surface area contributed by atoms with Crippen LogP contribution >= 0.6 is 11.6 Å². The van der Waals surface area contributed by atoms with Crippen molar-refractivity contribution in [3.8, 4) is 11.1 Å². The van der Waals surface area contributed by atoms with Crippen molar-refractivity contribution in [3.63, 3.8) is 0 Å². The number of rotatable bonds is 10. The first-order chi connectivity index (χ1) is 17.2. The highest BCUT2D eigenvalue weighted by molar-refractivity contribution is 6.33. The van der Waals surface area contributed by atoms with Crippen molar-refractivity contribution >= 4 is 35.4 Å². The Kier molecular flexibility index (Phi) is 8.81. The van der Waals surface area contributed by atoms with Crippen LogP contribution in [0.2, 0.25) is 5.02 Å². The number of hydrogen-bond donors (Lipinski definition) is 3. The van der Waals surface area contributed by atoms with Gasteiger partial charge in [0.05, 0.1) is 10.6 Å². The third-order valence-electron chi connectivity index (χ3n) is 5.58. The summed E-state index contributed by atoms with van der Waals surface area (Å²) in [6.45, 7) is 1.05. The first-order valence-electron chi connectivity index (χ1n) is 11.1. The van der Waals surface area contributed by atoms with Gasteiger partial charge in [0.25, 0.3) is 5.91 Å². The van der Waals surface area contributed by atoms with Crippen LogP contribution in [0.15, 0.2) is 72.8 Å². The van der Waals surface area contributed by atoms with Crippen LogP contribution in [0, 0.1) is 0 Å². The van der Waals surface area contributed by atoms with Gasteiger partial charge in [-0.25, -0.2) is 4.79 Å². The van der Waals surface area contributed by atoms with Gasteiger partial charge < -0.3 is 20.4 Å². The van der Waals surface area contributed by atoms with Crippen LogP contribution < -0.4 is 5.32 Å². The fourth-order valence-corrected chi connectivity index (χ4v) is 3.95. The normalized spacial score (nSPS) is 11.4. The van der Waals surface area contributed by atoms with E-state index < -0.39 is 30.4 Å². The summed E-state index contributed by atoms with van der Waals surface area (Å²) in [5, 5.41) is 21.5. The SMILES string of the molecule is CC(=O)N(CC(=O)O)Cc1ccccc1-c1ccc(C[C@H](NC(=O)c2ccccc2Cl)C(=O)O)cc1. The second kappa shape index (κ2) is 12.0. The van der Waals surface area contributed by atoms with Crippen LogP contribution in [0.5, 0.6) is 0 Å². The van der Waals surface area contributed by atoms with E-state index >= 15 is 0 Å². The summed E-state index contributed by atoms with van der Waals surface area (Å²) in [4.78, 5) is 48.6. The topological polar surface area (TPSA) is 124 Å². The molecule has 9 heteroatoms. The van der Waals surface area contributed by atoms with E-state index in [2.05, 4.69) is 5.32 Å². The molecule has 8 nitrogen and oxygen atoms in total. The molecule has 1 atom stereocenters. The molecule has 186 valence electrons. The number of halogens is 1. The lowest BCUT2D eigenvalue weighted by molar-refractivity contribution is -0.144. The van der Waals surface area contributed by atoms with Gasteiger partial charge in [-0.15, -0.1) is 0 Å². The molecule has 2 amide bonds. The van der Waals surface area contributed by atoms with Crippen molar-refractivity contribution in [2.75, 3.05) is 6.54 Å². The fourth-order valence-electron chi connectivity index (χ4n) is 3.72. The molecule has 3 aromatic carbocycles. The first-order valence-corrected chi connectivity index (χ1v) is 11.5. The molecule has 36 heavy (non-hydrogen) atoms. The minimum Gasteiger partial charge on any atom is -0.480 e. The molecule has 0 saturated heterocycles. The van der Waals surface area contributed by atoms with E-state index in [1.807, 2.05) is 36.4 Å². The molecule has 0 aliphatic carbocycles. The van der Waals surface area contributed by atoms with Gasteiger partial charge >= 0.3 is 11.9 Å². The Morgan fingerprint density at radius 2 is 1.56 bits per heavy atom. The maximum Gasteiger partial charge on any atom is 0.326 e. The van der Waals surface area contributed by atoms with Gasteiger partial charge in [-0.2, -0.15) is 0 Å². The van der Waals surface area contributed by atoms with Crippen LogP contribution in [-0.2, 0) is 27.3 Å². The van der Waals surface area contributed by atoms with Crippen molar-refractivity contribution in [2.24, 2.45) is 0 Å². The third-order valence-corrected chi connectivity index (χ3v) is 5.91. The van der Waals surface area contributed by atoms with Gasteiger partial charge in [0.1, 0.15) is 12.6 Å². The Morgan fingerprint density at radius 3 is 2.17 bits per heavy atom. The van der Waals surface area contributed by atoms with Crippen molar-refractivity contribution in [1.82, 2.24) is 10.2 Å². The molecule has 0 spiro atoms. The van der Waals surface area contributed by atoms with Gasteiger partial charge in [-0.3, -0.25) is 14.4 Å². The predicted octanol–water partition coefficient (Wildman–Crippen LogP) is 3.87. The Bertz CT molecular complexity index is 1280. The largest absolute Gasteiger partial charge is 0.480 e. The van der Waals surface area contributed by atoms with Crippen LogP contribution in [0.3, 0.4) is 0 Å². The van der Waals surface area contributed by atoms with E-state index in [0.717, 1.165) is 16.7 Å². The maximum absolute atomic E-state index is 12.5. The summed E-state index contributed by atoms with van der Waals surface area (Å²) < 4.78 is 0. The smallest absolute Gasteiger partial charge is 0.326 e. The monoisotopic (exact) mass is 508 g/mol. The number of carboxylic acid groups (broad SMARTS) is 2. The first kappa shape index (κ1) is 26.4. The van der Waals surface area contributed by atoms with Crippen molar-refractivity contribution < 1.29 is 29.4 Å². The number of aliphatic carboxylic acids is 2. The second-order valence-corrected chi connectivity index (χ2v) is 8.58. The number of benzene rings is 3. The molecule has 3 N–H and O–H groups in total. The summed E-state index contributed by atoms with van der Waals surface area (Å²) in [7, 11) is 0. The van der Waals surface area contributed by atoms with Crippen molar-refractivity contribution in [3.05, 3.63) is 94.5 Å². The van der Waals surface area contributed by atoms with Crippen LogP contribution in [0.1, 0.15) is 28.4 Å². The third kappa shape index (κ3) is 6.93.